The highest BCUT2D eigenvalue weighted by atomic mass is 19.4. The van der Waals surface area contributed by atoms with Gasteiger partial charge in [0, 0.05) is 24.5 Å². The zero-order chi connectivity index (χ0) is 12.3. The number of imidazole rings is 1. The van der Waals surface area contributed by atoms with E-state index in [4.69, 9.17) is 0 Å². The molecule has 3 nitrogen and oxygen atoms in total. The molecule has 1 aromatic rings. The molecular formula is C11H16F3N3. The molecule has 2 rings (SSSR count). The monoisotopic (exact) mass is 247 g/mol. The maximum Gasteiger partial charge on any atom is 0.401 e. The van der Waals surface area contributed by atoms with Gasteiger partial charge in [-0.05, 0) is 12.8 Å². The molecule has 6 heteroatoms. The van der Waals surface area contributed by atoms with E-state index in [1.54, 1.807) is 12.5 Å². The molecule has 0 radical (unpaired) electrons. The van der Waals surface area contributed by atoms with Crippen LogP contribution in [0.2, 0.25) is 0 Å². The molecule has 1 saturated carbocycles. The van der Waals surface area contributed by atoms with Gasteiger partial charge in [0.25, 0.3) is 0 Å². The largest absolute Gasteiger partial charge is 0.401 e. The molecule has 1 heterocycles. The van der Waals surface area contributed by atoms with Gasteiger partial charge in [-0.25, -0.2) is 4.98 Å². The lowest BCUT2D eigenvalue weighted by Crippen LogP contribution is -2.43. The van der Waals surface area contributed by atoms with Crippen molar-refractivity contribution in [3.63, 3.8) is 0 Å². The van der Waals surface area contributed by atoms with Crippen molar-refractivity contribution in [1.29, 1.82) is 0 Å². The Bertz CT molecular complexity index is 334. The fraction of sp³-hybridized carbons (Fsp3) is 0.727. The molecule has 1 aliphatic carbocycles. The first-order valence-electron chi connectivity index (χ1n) is 5.84. The van der Waals surface area contributed by atoms with Crippen molar-refractivity contribution in [2.24, 2.45) is 0 Å². The van der Waals surface area contributed by atoms with Crippen LogP contribution >= 0.6 is 0 Å². The first-order valence-corrected chi connectivity index (χ1v) is 5.84. The van der Waals surface area contributed by atoms with E-state index < -0.39 is 12.7 Å². The minimum absolute atomic E-state index is 0.0913. The number of rotatable bonds is 3. The lowest BCUT2D eigenvalue weighted by Gasteiger charge is -2.33. The summed E-state index contributed by atoms with van der Waals surface area (Å²) in [6, 6.07) is -0.0202. The third-order valence-corrected chi connectivity index (χ3v) is 3.20. The molecule has 2 atom stereocenters. The molecule has 0 aliphatic heterocycles. The molecule has 1 unspecified atom stereocenters. The van der Waals surface area contributed by atoms with E-state index in [2.05, 4.69) is 10.3 Å². The van der Waals surface area contributed by atoms with E-state index in [1.807, 2.05) is 10.8 Å². The maximum atomic E-state index is 12.2. The lowest BCUT2D eigenvalue weighted by molar-refractivity contribution is -0.127. The minimum Gasteiger partial charge on any atom is -0.333 e. The van der Waals surface area contributed by atoms with Gasteiger partial charge in [-0.2, -0.15) is 13.2 Å². The average molecular weight is 247 g/mol. The van der Waals surface area contributed by atoms with Gasteiger partial charge < -0.3 is 9.88 Å². The highest BCUT2D eigenvalue weighted by molar-refractivity contribution is 4.90. The number of alkyl halides is 3. The topological polar surface area (TPSA) is 29.9 Å². The van der Waals surface area contributed by atoms with Gasteiger partial charge >= 0.3 is 6.18 Å². The van der Waals surface area contributed by atoms with Crippen LogP contribution in [0, 0.1) is 0 Å². The van der Waals surface area contributed by atoms with Crippen LogP contribution in [0.15, 0.2) is 18.7 Å². The number of hydrogen-bond acceptors (Lipinski definition) is 2. The molecular weight excluding hydrogens is 231 g/mol. The van der Waals surface area contributed by atoms with Crippen molar-refractivity contribution >= 4 is 0 Å². The SMILES string of the molecule is FC(F)(F)CN[C@@H]1CCCCC1n1ccnc1. The fourth-order valence-electron chi connectivity index (χ4n) is 2.42. The van der Waals surface area contributed by atoms with Crippen LogP contribution in [-0.4, -0.2) is 28.3 Å². The Morgan fingerprint density at radius 2 is 2.06 bits per heavy atom. The predicted molar refractivity (Wildman–Crippen MR) is 57.6 cm³/mol. The number of nitrogens with one attached hydrogen (secondary N) is 1. The van der Waals surface area contributed by atoms with Gasteiger partial charge in [-0.15, -0.1) is 0 Å². The summed E-state index contributed by atoms with van der Waals surface area (Å²) >= 11 is 0. The van der Waals surface area contributed by atoms with Gasteiger partial charge in [0.05, 0.1) is 12.9 Å². The zero-order valence-electron chi connectivity index (χ0n) is 9.45. The Hall–Kier alpha value is -1.04. The molecule has 96 valence electrons. The molecule has 17 heavy (non-hydrogen) atoms. The highest BCUT2D eigenvalue weighted by Crippen LogP contribution is 2.29. The van der Waals surface area contributed by atoms with Gasteiger partial charge in [0.2, 0.25) is 0 Å². The third-order valence-electron chi connectivity index (χ3n) is 3.20. The van der Waals surface area contributed by atoms with Gasteiger partial charge in [0.1, 0.15) is 0 Å². The highest BCUT2D eigenvalue weighted by Gasteiger charge is 2.32. The first kappa shape index (κ1) is 12.4. The third kappa shape index (κ3) is 3.46. The summed E-state index contributed by atoms with van der Waals surface area (Å²) in [5.74, 6) is 0. The molecule has 1 fully saturated rings. The average Bonchev–Trinajstić information content (AvgIpc) is 2.79. The van der Waals surface area contributed by atoms with Crippen LogP contribution in [0.5, 0.6) is 0 Å². The molecule has 0 spiro atoms. The fourth-order valence-corrected chi connectivity index (χ4v) is 2.42. The second kappa shape index (κ2) is 5.08. The van der Waals surface area contributed by atoms with Crippen molar-refractivity contribution in [3.8, 4) is 0 Å². The number of hydrogen-bond donors (Lipinski definition) is 1. The Morgan fingerprint density at radius 3 is 2.71 bits per heavy atom. The standard InChI is InChI=1S/C11H16F3N3/c12-11(13,14)7-16-9-3-1-2-4-10(9)17-6-5-15-8-17/h5-6,8-10,16H,1-4,7H2/t9-,10?/m1/s1. The quantitative estimate of drug-likeness (QED) is 0.889. The van der Waals surface area contributed by atoms with Gasteiger partial charge in [-0.3, -0.25) is 0 Å². The van der Waals surface area contributed by atoms with Gasteiger partial charge in [0.15, 0.2) is 0 Å². The second-order valence-corrected chi connectivity index (χ2v) is 4.46. The number of halogens is 3. The molecule has 0 amide bonds. The second-order valence-electron chi connectivity index (χ2n) is 4.46. The zero-order valence-corrected chi connectivity index (χ0v) is 9.45. The lowest BCUT2D eigenvalue weighted by atomic mass is 9.90. The van der Waals surface area contributed by atoms with E-state index in [9.17, 15) is 13.2 Å². The molecule has 0 aromatic carbocycles. The van der Waals surface area contributed by atoms with Crippen LogP contribution in [0.4, 0.5) is 13.2 Å². The normalized spacial score (nSPS) is 26.1. The van der Waals surface area contributed by atoms with Crippen molar-refractivity contribution in [2.75, 3.05) is 6.54 Å². The van der Waals surface area contributed by atoms with Crippen LogP contribution < -0.4 is 5.32 Å². The molecule has 0 saturated heterocycles. The minimum atomic E-state index is -4.14. The Balaban J connectivity index is 1.98. The molecule has 1 N–H and O–H groups in total. The Labute approximate surface area is 98.0 Å². The summed E-state index contributed by atoms with van der Waals surface area (Å²) in [7, 11) is 0. The summed E-state index contributed by atoms with van der Waals surface area (Å²) in [6.45, 7) is -0.914. The van der Waals surface area contributed by atoms with E-state index in [0.717, 1.165) is 25.7 Å². The Kier molecular flexibility index (Phi) is 3.71. The van der Waals surface area contributed by atoms with Gasteiger partial charge in [-0.1, -0.05) is 12.8 Å². The maximum absolute atomic E-state index is 12.2. The summed E-state index contributed by atoms with van der Waals surface area (Å²) in [6.07, 6.45) is 4.77. The summed E-state index contributed by atoms with van der Waals surface area (Å²) in [5.41, 5.74) is 0. The van der Waals surface area contributed by atoms with Crippen molar-refractivity contribution in [2.45, 2.75) is 43.9 Å². The number of aromatic nitrogens is 2. The van der Waals surface area contributed by atoms with Crippen molar-refractivity contribution in [3.05, 3.63) is 18.7 Å². The van der Waals surface area contributed by atoms with E-state index >= 15 is 0 Å². The smallest absolute Gasteiger partial charge is 0.333 e. The van der Waals surface area contributed by atoms with Crippen LogP contribution in [0.25, 0.3) is 0 Å². The van der Waals surface area contributed by atoms with Crippen LogP contribution in [-0.2, 0) is 0 Å². The van der Waals surface area contributed by atoms with Crippen LogP contribution in [0.1, 0.15) is 31.7 Å². The molecule has 0 bridgehead atoms. The molecule has 1 aromatic heterocycles. The summed E-state index contributed by atoms with van der Waals surface area (Å²) in [5, 5.41) is 2.63. The molecule has 1 aliphatic rings. The van der Waals surface area contributed by atoms with E-state index in [0.29, 0.717) is 0 Å². The Morgan fingerprint density at radius 1 is 1.29 bits per heavy atom. The van der Waals surface area contributed by atoms with Crippen molar-refractivity contribution < 1.29 is 13.2 Å². The first-order chi connectivity index (χ1) is 8.06. The van der Waals surface area contributed by atoms with E-state index in [1.165, 1.54) is 0 Å². The summed E-state index contributed by atoms with van der Waals surface area (Å²) in [4.78, 5) is 3.95. The number of nitrogens with zero attached hydrogens (tertiary/aromatic N) is 2. The van der Waals surface area contributed by atoms with Crippen molar-refractivity contribution in [1.82, 2.24) is 14.9 Å². The summed E-state index contributed by atoms with van der Waals surface area (Å²) < 4.78 is 38.5. The van der Waals surface area contributed by atoms with E-state index in [-0.39, 0.29) is 12.1 Å². The van der Waals surface area contributed by atoms with Crippen LogP contribution in [0.3, 0.4) is 0 Å². The predicted octanol–water partition coefficient (Wildman–Crippen LogP) is 2.52.